The van der Waals surface area contributed by atoms with E-state index in [0.717, 1.165) is 23.1 Å². The van der Waals surface area contributed by atoms with Gasteiger partial charge >= 0.3 is 0 Å². The van der Waals surface area contributed by atoms with Crippen molar-refractivity contribution in [2.45, 2.75) is 18.9 Å². The zero-order valence-electron chi connectivity index (χ0n) is 13.3. The molecule has 1 unspecified atom stereocenters. The van der Waals surface area contributed by atoms with Gasteiger partial charge < -0.3 is 0 Å². The molecule has 5 rings (SSSR count). The molecule has 2 aromatic heterocycles. The summed E-state index contributed by atoms with van der Waals surface area (Å²) in [5.41, 5.74) is 3.40. The fourth-order valence-corrected chi connectivity index (χ4v) is 4.69. The molecule has 3 aromatic rings. The van der Waals surface area contributed by atoms with Crippen LogP contribution in [0.5, 0.6) is 0 Å². The highest BCUT2D eigenvalue weighted by molar-refractivity contribution is 7.17. The summed E-state index contributed by atoms with van der Waals surface area (Å²) in [6.45, 7) is 0. The zero-order chi connectivity index (χ0) is 17.0. The van der Waals surface area contributed by atoms with Crippen LogP contribution in [0.25, 0.3) is 15.8 Å². The number of aromatic nitrogens is 1. The van der Waals surface area contributed by atoms with Crippen molar-refractivity contribution in [3.63, 3.8) is 0 Å². The van der Waals surface area contributed by atoms with Crippen molar-refractivity contribution in [1.82, 2.24) is 9.88 Å². The van der Waals surface area contributed by atoms with Crippen LogP contribution in [0.2, 0.25) is 0 Å². The smallest absolute Gasteiger partial charge is 0.262 e. The molecule has 0 spiro atoms. The van der Waals surface area contributed by atoms with Crippen molar-refractivity contribution in [3.05, 3.63) is 70.7 Å². The number of allylic oxidation sites excluding steroid dienone is 1. The molecule has 5 heteroatoms. The van der Waals surface area contributed by atoms with Crippen LogP contribution < -0.4 is 0 Å². The van der Waals surface area contributed by atoms with Crippen LogP contribution in [-0.2, 0) is 0 Å². The molecule has 2 amide bonds. The zero-order valence-corrected chi connectivity index (χ0v) is 14.1. The van der Waals surface area contributed by atoms with Gasteiger partial charge in [0.1, 0.15) is 4.83 Å². The second-order valence-corrected chi connectivity index (χ2v) is 7.19. The molecule has 1 aromatic carbocycles. The Labute approximate surface area is 148 Å². The van der Waals surface area contributed by atoms with Crippen LogP contribution in [0, 0.1) is 0 Å². The minimum absolute atomic E-state index is 0.172. The summed E-state index contributed by atoms with van der Waals surface area (Å²) in [5.74, 6) is -0.361. The second-order valence-electron chi connectivity index (χ2n) is 6.33. The van der Waals surface area contributed by atoms with Crippen LogP contribution in [0.4, 0.5) is 0 Å². The van der Waals surface area contributed by atoms with Gasteiger partial charge in [-0.05, 0) is 48.2 Å². The van der Waals surface area contributed by atoms with Gasteiger partial charge in [-0.15, -0.1) is 11.3 Å². The Morgan fingerprint density at radius 3 is 2.52 bits per heavy atom. The molecule has 0 saturated carbocycles. The van der Waals surface area contributed by atoms with Crippen molar-refractivity contribution < 1.29 is 9.59 Å². The van der Waals surface area contributed by atoms with Gasteiger partial charge in [0.15, 0.2) is 0 Å². The summed E-state index contributed by atoms with van der Waals surface area (Å²) in [4.78, 5) is 32.2. The maximum atomic E-state index is 12.7. The molecule has 0 bridgehead atoms. The van der Waals surface area contributed by atoms with Crippen LogP contribution in [-0.4, -0.2) is 27.7 Å². The van der Waals surface area contributed by atoms with Crippen molar-refractivity contribution >= 4 is 38.9 Å². The van der Waals surface area contributed by atoms with E-state index in [2.05, 4.69) is 22.5 Å². The van der Waals surface area contributed by atoms with E-state index in [0.29, 0.717) is 11.1 Å². The molecule has 0 N–H and O–H groups in total. The molecule has 2 aliphatic rings. The first-order valence-electron chi connectivity index (χ1n) is 8.24. The third kappa shape index (κ3) is 2.09. The molecular weight excluding hydrogens is 332 g/mol. The van der Waals surface area contributed by atoms with Gasteiger partial charge in [-0.25, -0.2) is 4.98 Å². The van der Waals surface area contributed by atoms with Gasteiger partial charge in [0, 0.05) is 17.0 Å². The normalized spacial score (nSPS) is 19.6. The van der Waals surface area contributed by atoms with Crippen molar-refractivity contribution in [3.8, 4) is 0 Å². The van der Waals surface area contributed by atoms with Gasteiger partial charge in [0.25, 0.3) is 11.8 Å². The molecule has 3 heterocycles. The molecule has 25 heavy (non-hydrogen) atoms. The van der Waals surface area contributed by atoms with Gasteiger partial charge in [-0.3, -0.25) is 14.5 Å². The lowest BCUT2D eigenvalue weighted by Gasteiger charge is -2.19. The number of carbonyl (C=O) groups excluding carboxylic acids is 2. The van der Waals surface area contributed by atoms with Gasteiger partial charge in [-0.1, -0.05) is 18.2 Å². The summed E-state index contributed by atoms with van der Waals surface area (Å²) >= 11 is 1.63. The Morgan fingerprint density at radius 2 is 1.76 bits per heavy atom. The number of benzene rings is 1. The van der Waals surface area contributed by atoms with Gasteiger partial charge in [0.05, 0.1) is 17.2 Å². The van der Waals surface area contributed by atoms with Crippen LogP contribution in [0.1, 0.15) is 39.1 Å². The third-order valence-electron chi connectivity index (χ3n) is 4.96. The highest BCUT2D eigenvalue weighted by Crippen LogP contribution is 2.38. The van der Waals surface area contributed by atoms with Crippen LogP contribution in [0.3, 0.4) is 0 Å². The Morgan fingerprint density at radius 1 is 1.00 bits per heavy atom. The van der Waals surface area contributed by atoms with Crippen LogP contribution in [0.15, 0.2) is 54.1 Å². The maximum Gasteiger partial charge on any atom is 0.262 e. The predicted octanol–water partition coefficient (Wildman–Crippen LogP) is 4.14. The number of fused-ring (bicyclic) bond motifs is 2. The first kappa shape index (κ1) is 14.5. The number of pyridine rings is 1. The molecule has 1 atom stereocenters. The van der Waals surface area contributed by atoms with E-state index < -0.39 is 0 Å². The number of hydrogen-bond acceptors (Lipinski definition) is 4. The fraction of sp³-hybridized carbons (Fsp3) is 0.150. The Balaban J connectivity index is 1.52. The van der Waals surface area contributed by atoms with Gasteiger partial charge in [-0.2, -0.15) is 0 Å². The van der Waals surface area contributed by atoms with Crippen molar-refractivity contribution in [2.75, 3.05) is 0 Å². The van der Waals surface area contributed by atoms with E-state index in [9.17, 15) is 9.59 Å². The lowest BCUT2D eigenvalue weighted by Crippen LogP contribution is -2.37. The Kier molecular flexibility index (Phi) is 3.12. The number of thiophene rings is 1. The highest BCUT2D eigenvalue weighted by Gasteiger charge is 2.40. The van der Waals surface area contributed by atoms with E-state index in [1.165, 1.54) is 16.0 Å². The number of hydrogen-bond donors (Lipinski definition) is 0. The minimum Gasteiger partial charge on any atom is -0.269 e. The monoisotopic (exact) mass is 346 g/mol. The Bertz CT molecular complexity index is 1030. The summed E-state index contributed by atoms with van der Waals surface area (Å²) in [6.07, 6.45) is 5.51. The van der Waals surface area contributed by atoms with E-state index >= 15 is 0 Å². The first-order chi connectivity index (χ1) is 12.2. The van der Waals surface area contributed by atoms with Gasteiger partial charge in [0.2, 0.25) is 0 Å². The van der Waals surface area contributed by atoms with Crippen LogP contribution >= 0.6 is 11.3 Å². The summed E-state index contributed by atoms with van der Waals surface area (Å²) in [7, 11) is 0. The molecule has 0 radical (unpaired) electrons. The lowest BCUT2D eigenvalue weighted by atomic mass is 10.1. The SMILES string of the molecule is O=C1c2ccccc2C(=O)N1C1C=C(c2csc3ncccc23)CC1. The lowest BCUT2D eigenvalue weighted by molar-refractivity contribution is 0.0614. The molecule has 1 aliphatic carbocycles. The molecule has 4 nitrogen and oxygen atoms in total. The quantitative estimate of drug-likeness (QED) is 0.655. The van der Waals surface area contributed by atoms with Crippen molar-refractivity contribution in [1.29, 1.82) is 0 Å². The van der Waals surface area contributed by atoms with E-state index in [1.54, 1.807) is 41.8 Å². The number of carbonyl (C=O) groups is 2. The number of rotatable bonds is 2. The second kappa shape index (κ2) is 5.36. The maximum absolute atomic E-state index is 12.7. The number of amides is 2. The summed E-state index contributed by atoms with van der Waals surface area (Å²) in [6, 6.07) is 10.9. The van der Waals surface area contributed by atoms with E-state index in [-0.39, 0.29) is 17.9 Å². The molecule has 0 saturated heterocycles. The average Bonchev–Trinajstić information content (AvgIpc) is 3.33. The van der Waals surface area contributed by atoms with E-state index in [1.807, 2.05) is 6.07 Å². The first-order valence-corrected chi connectivity index (χ1v) is 9.12. The third-order valence-corrected chi connectivity index (χ3v) is 5.86. The fourth-order valence-electron chi connectivity index (χ4n) is 3.76. The molecular formula is C20H14N2O2S. The Hall–Kier alpha value is -2.79. The molecule has 1 aliphatic heterocycles. The van der Waals surface area contributed by atoms with Crippen molar-refractivity contribution in [2.24, 2.45) is 0 Å². The number of nitrogens with zero attached hydrogens (tertiary/aromatic N) is 2. The highest BCUT2D eigenvalue weighted by atomic mass is 32.1. The molecule has 122 valence electrons. The topological polar surface area (TPSA) is 50.3 Å². The minimum atomic E-state index is -0.181. The predicted molar refractivity (Wildman–Crippen MR) is 97.6 cm³/mol. The summed E-state index contributed by atoms with van der Waals surface area (Å²) in [5, 5.41) is 3.26. The number of imide groups is 1. The standard InChI is InChI=1S/C20H14N2O2S/c23-19-15-4-1-2-5-16(15)20(24)22(19)13-8-7-12(10-13)17-11-25-18-14(17)6-3-9-21-18/h1-6,9-11,13H,7-8H2. The summed E-state index contributed by atoms with van der Waals surface area (Å²) < 4.78 is 0. The largest absolute Gasteiger partial charge is 0.269 e. The molecule has 0 fully saturated rings. The average molecular weight is 346 g/mol. The van der Waals surface area contributed by atoms with E-state index in [4.69, 9.17) is 0 Å².